The largest absolute Gasteiger partial charge is 0.284 e. The van der Waals surface area contributed by atoms with Gasteiger partial charge >= 0.3 is 0 Å². The van der Waals surface area contributed by atoms with Crippen LogP contribution in [0.5, 0.6) is 0 Å². The number of nitrogens with zero attached hydrogens (tertiary/aromatic N) is 1. The van der Waals surface area contributed by atoms with Gasteiger partial charge in [0.15, 0.2) is 0 Å². The first-order chi connectivity index (χ1) is 15.0. The molecule has 0 unspecified atom stereocenters. The predicted molar refractivity (Wildman–Crippen MR) is 120 cm³/mol. The summed E-state index contributed by atoms with van der Waals surface area (Å²) in [5, 5.41) is 1.83. The standard InChI is InChI=1S/C24H23N3O3S/c1-2-17-25-31(29,30)23-15-13-22(14-16-23)24(28)26-27(18-20-9-5-3-6-10-20)19-21-11-7-4-8-12-21/h1,3-16,25H,17-19H2,(H,26,28). The van der Waals surface area contributed by atoms with Gasteiger partial charge in [-0.2, -0.15) is 4.72 Å². The van der Waals surface area contributed by atoms with Crippen LogP contribution in [0.1, 0.15) is 21.5 Å². The average molecular weight is 434 g/mol. The van der Waals surface area contributed by atoms with E-state index >= 15 is 0 Å². The van der Waals surface area contributed by atoms with Crippen molar-refractivity contribution in [3.8, 4) is 12.3 Å². The number of hydrazine groups is 1. The Balaban J connectivity index is 1.74. The van der Waals surface area contributed by atoms with Crippen LogP contribution in [0.4, 0.5) is 0 Å². The third-order valence-corrected chi connectivity index (χ3v) is 5.90. The maximum Gasteiger partial charge on any atom is 0.265 e. The van der Waals surface area contributed by atoms with Crippen molar-refractivity contribution in [1.82, 2.24) is 15.2 Å². The lowest BCUT2D eigenvalue weighted by atomic mass is 10.2. The molecule has 0 spiro atoms. The first-order valence-electron chi connectivity index (χ1n) is 9.65. The van der Waals surface area contributed by atoms with Crippen molar-refractivity contribution in [2.75, 3.05) is 6.54 Å². The molecule has 0 aliphatic carbocycles. The minimum Gasteiger partial charge on any atom is -0.284 e. The van der Waals surface area contributed by atoms with Crippen molar-refractivity contribution in [3.05, 3.63) is 102 Å². The number of rotatable bonds is 9. The molecule has 0 saturated heterocycles. The Morgan fingerprint density at radius 2 is 1.35 bits per heavy atom. The van der Waals surface area contributed by atoms with E-state index in [1.807, 2.05) is 65.7 Å². The number of terminal acetylenes is 1. The van der Waals surface area contributed by atoms with E-state index in [1.54, 1.807) is 0 Å². The second-order valence-electron chi connectivity index (χ2n) is 6.82. The summed E-state index contributed by atoms with van der Waals surface area (Å²) in [4.78, 5) is 12.9. The molecule has 0 aromatic heterocycles. The quantitative estimate of drug-likeness (QED) is 0.402. The van der Waals surface area contributed by atoms with E-state index in [-0.39, 0.29) is 17.3 Å². The van der Waals surface area contributed by atoms with E-state index in [4.69, 9.17) is 6.42 Å². The van der Waals surface area contributed by atoms with Gasteiger partial charge in [-0.25, -0.2) is 13.4 Å². The molecule has 0 aliphatic heterocycles. The van der Waals surface area contributed by atoms with Crippen molar-refractivity contribution in [1.29, 1.82) is 0 Å². The van der Waals surface area contributed by atoms with Gasteiger partial charge in [-0.1, -0.05) is 66.6 Å². The summed E-state index contributed by atoms with van der Waals surface area (Å²) in [5.41, 5.74) is 5.39. The Morgan fingerprint density at radius 3 is 1.84 bits per heavy atom. The molecule has 1 amide bonds. The van der Waals surface area contributed by atoms with Crippen LogP contribution in [0, 0.1) is 12.3 Å². The fourth-order valence-corrected chi connectivity index (χ4v) is 3.89. The zero-order valence-corrected chi connectivity index (χ0v) is 17.7. The molecule has 3 aromatic rings. The van der Waals surface area contributed by atoms with Crippen molar-refractivity contribution < 1.29 is 13.2 Å². The number of carbonyl (C=O) groups excluding carboxylic acids is 1. The summed E-state index contributed by atoms with van der Waals surface area (Å²) < 4.78 is 26.6. The molecule has 0 bridgehead atoms. The first-order valence-corrected chi connectivity index (χ1v) is 11.1. The van der Waals surface area contributed by atoms with Crippen LogP contribution in [0.2, 0.25) is 0 Å². The van der Waals surface area contributed by atoms with E-state index in [1.165, 1.54) is 24.3 Å². The molecule has 0 aliphatic rings. The van der Waals surface area contributed by atoms with Crippen molar-refractivity contribution in [2.45, 2.75) is 18.0 Å². The van der Waals surface area contributed by atoms with Crippen LogP contribution in [0.3, 0.4) is 0 Å². The van der Waals surface area contributed by atoms with Gasteiger partial charge in [0, 0.05) is 18.7 Å². The summed E-state index contributed by atoms with van der Waals surface area (Å²) in [5.74, 6) is 1.90. The van der Waals surface area contributed by atoms with Gasteiger partial charge < -0.3 is 0 Å². The molecule has 0 fully saturated rings. The van der Waals surface area contributed by atoms with Gasteiger partial charge in [0.1, 0.15) is 0 Å². The summed E-state index contributed by atoms with van der Waals surface area (Å²) >= 11 is 0. The fourth-order valence-electron chi connectivity index (χ4n) is 2.96. The Labute approximate surface area is 182 Å². The molecule has 0 radical (unpaired) electrons. The molecule has 0 atom stereocenters. The summed E-state index contributed by atoms with van der Waals surface area (Å²) in [6.45, 7) is 0.937. The number of hydrogen-bond acceptors (Lipinski definition) is 4. The molecule has 3 rings (SSSR count). The minimum absolute atomic E-state index is 0.0460. The smallest absolute Gasteiger partial charge is 0.265 e. The average Bonchev–Trinajstić information content (AvgIpc) is 2.79. The zero-order chi connectivity index (χ0) is 22.1. The highest BCUT2D eigenvalue weighted by atomic mass is 32.2. The monoisotopic (exact) mass is 433 g/mol. The molecule has 2 N–H and O–H groups in total. The predicted octanol–water partition coefficient (Wildman–Crippen LogP) is 2.95. The van der Waals surface area contributed by atoms with E-state index in [2.05, 4.69) is 16.1 Å². The van der Waals surface area contributed by atoms with Gasteiger partial charge in [0.05, 0.1) is 11.4 Å². The molecule has 7 heteroatoms. The number of sulfonamides is 1. The molecular weight excluding hydrogens is 410 g/mol. The molecule has 31 heavy (non-hydrogen) atoms. The minimum atomic E-state index is -3.70. The maximum absolute atomic E-state index is 12.8. The van der Waals surface area contributed by atoms with Crippen LogP contribution >= 0.6 is 0 Å². The van der Waals surface area contributed by atoms with Crippen LogP contribution in [0.15, 0.2) is 89.8 Å². The number of carbonyl (C=O) groups is 1. The molecule has 0 saturated carbocycles. The molecular formula is C24H23N3O3S. The Morgan fingerprint density at radius 1 is 0.839 bits per heavy atom. The SMILES string of the molecule is C#CCNS(=O)(=O)c1ccc(C(=O)NN(Cc2ccccc2)Cc2ccccc2)cc1. The van der Waals surface area contributed by atoms with E-state index < -0.39 is 10.0 Å². The molecule has 6 nitrogen and oxygen atoms in total. The van der Waals surface area contributed by atoms with Crippen molar-refractivity contribution >= 4 is 15.9 Å². The van der Waals surface area contributed by atoms with Gasteiger partial charge in [0.2, 0.25) is 10.0 Å². The lowest BCUT2D eigenvalue weighted by molar-refractivity contribution is 0.0759. The highest BCUT2D eigenvalue weighted by Gasteiger charge is 2.16. The number of nitrogens with one attached hydrogen (secondary N) is 2. The number of hydrogen-bond donors (Lipinski definition) is 2. The van der Waals surface area contributed by atoms with Crippen LogP contribution in [-0.2, 0) is 23.1 Å². The highest BCUT2D eigenvalue weighted by Crippen LogP contribution is 2.12. The molecule has 3 aromatic carbocycles. The summed E-state index contributed by atoms with van der Waals surface area (Å²) in [6.07, 6.45) is 5.10. The third-order valence-electron chi connectivity index (χ3n) is 4.48. The van der Waals surface area contributed by atoms with Gasteiger partial charge in [0.25, 0.3) is 5.91 Å². The molecule has 0 heterocycles. The molecule has 158 valence electrons. The van der Waals surface area contributed by atoms with E-state index in [9.17, 15) is 13.2 Å². The Bertz CT molecular complexity index is 1100. The van der Waals surface area contributed by atoms with Crippen molar-refractivity contribution in [3.63, 3.8) is 0 Å². The fraction of sp³-hybridized carbons (Fsp3) is 0.125. The normalized spacial score (nSPS) is 11.1. The number of amides is 1. The van der Waals surface area contributed by atoms with Crippen LogP contribution in [-0.4, -0.2) is 25.9 Å². The van der Waals surface area contributed by atoms with Crippen LogP contribution in [0.25, 0.3) is 0 Å². The van der Waals surface area contributed by atoms with Crippen molar-refractivity contribution in [2.24, 2.45) is 0 Å². The maximum atomic E-state index is 12.8. The Hall–Kier alpha value is -3.44. The second-order valence-corrected chi connectivity index (χ2v) is 8.59. The zero-order valence-electron chi connectivity index (χ0n) is 16.9. The van der Waals surface area contributed by atoms with Gasteiger partial charge in [-0.3, -0.25) is 10.2 Å². The highest BCUT2D eigenvalue weighted by molar-refractivity contribution is 7.89. The van der Waals surface area contributed by atoms with Crippen LogP contribution < -0.4 is 10.1 Å². The van der Waals surface area contributed by atoms with E-state index in [0.717, 1.165) is 11.1 Å². The second kappa shape index (κ2) is 10.5. The lowest BCUT2D eigenvalue weighted by Gasteiger charge is -2.23. The third kappa shape index (κ3) is 6.52. The summed E-state index contributed by atoms with van der Waals surface area (Å²) in [7, 11) is -3.70. The Kier molecular flexibility index (Phi) is 7.57. The first kappa shape index (κ1) is 22.2. The van der Waals surface area contributed by atoms with Gasteiger partial charge in [-0.05, 0) is 35.4 Å². The van der Waals surface area contributed by atoms with E-state index in [0.29, 0.717) is 18.7 Å². The van der Waals surface area contributed by atoms with Gasteiger partial charge in [-0.15, -0.1) is 6.42 Å². The lowest BCUT2D eigenvalue weighted by Crippen LogP contribution is -2.41. The number of benzene rings is 3. The topological polar surface area (TPSA) is 78.5 Å². The summed E-state index contributed by atoms with van der Waals surface area (Å²) in [6, 6.07) is 25.4.